The molecule has 10 aromatic carbocycles. The number of hydrogen-bond acceptors (Lipinski definition) is 6. The molecule has 63 heavy (non-hydrogen) atoms. The Balaban J connectivity index is 1.06. The van der Waals surface area contributed by atoms with Crippen LogP contribution in [0.1, 0.15) is 0 Å². The molecule has 0 spiro atoms. The van der Waals surface area contributed by atoms with Crippen molar-refractivity contribution in [1.29, 1.82) is 0 Å². The quantitative estimate of drug-likeness (QED) is 0.118. The predicted octanol–water partition coefficient (Wildman–Crippen LogP) is 7.33. The second kappa shape index (κ2) is 11.5. The normalized spacial score (nSPS) is 14.4. The molecule has 0 atom stereocenters. The zero-order valence-corrected chi connectivity index (χ0v) is 33.3. The van der Waals surface area contributed by atoms with Gasteiger partial charge in [-0.15, -0.1) is 0 Å². The number of benzene rings is 10. The molecule has 0 fully saturated rings. The summed E-state index contributed by atoms with van der Waals surface area (Å²) in [6.07, 6.45) is 0. The van der Waals surface area contributed by atoms with Gasteiger partial charge in [0.1, 0.15) is 69.0 Å². The zero-order chi connectivity index (χ0) is 40.7. The van der Waals surface area contributed by atoms with E-state index in [9.17, 15) is 0 Å². The van der Waals surface area contributed by atoms with Crippen LogP contribution in [0.3, 0.4) is 0 Å². The summed E-state index contributed by atoms with van der Waals surface area (Å²) in [6.45, 7) is -0.284. The summed E-state index contributed by atoms with van der Waals surface area (Å²) in [7, 11) is 0. The van der Waals surface area contributed by atoms with Gasteiger partial charge in [-0.25, -0.2) is 0 Å². The van der Waals surface area contributed by atoms with Gasteiger partial charge < -0.3 is 28.4 Å². The summed E-state index contributed by atoms with van der Waals surface area (Å²) in [4.78, 5) is 0. The van der Waals surface area contributed by atoms with Gasteiger partial charge in [-0.1, -0.05) is 109 Å². The maximum atomic E-state index is 7.24. The van der Waals surface area contributed by atoms with E-state index in [-0.39, 0.29) is 20.1 Å². The van der Waals surface area contributed by atoms with Gasteiger partial charge in [-0.05, 0) is 104 Å². The molecule has 0 amide bonds. The molecule has 0 saturated carbocycles. The lowest BCUT2D eigenvalue weighted by atomic mass is 9.34. The summed E-state index contributed by atoms with van der Waals surface area (Å²) in [5, 5.41) is 6.17. The SMILES string of the molecule is c1ccc2c(c1)Oc1cccc3c1B2c1ccc2c(c1O3)c1ccc3c(c1c1ccc4c(c21)Oc1cccc2c1B4c1ccccc1O2)Oc1cccc2c1B3c1ccccc1O2. The summed E-state index contributed by atoms with van der Waals surface area (Å²) in [6, 6.07) is 57.2. The van der Waals surface area contributed by atoms with Gasteiger partial charge in [0.2, 0.25) is 0 Å². The maximum absolute atomic E-state index is 7.24. The van der Waals surface area contributed by atoms with Crippen LogP contribution in [0, 0.1) is 0 Å². The molecule has 10 aromatic rings. The second-order valence-corrected chi connectivity index (χ2v) is 17.2. The fourth-order valence-electron chi connectivity index (χ4n) is 11.8. The highest BCUT2D eigenvalue weighted by atomic mass is 16.5. The first kappa shape index (κ1) is 32.7. The van der Waals surface area contributed by atoms with E-state index in [0.29, 0.717) is 0 Å². The average Bonchev–Trinajstić information content (AvgIpc) is 3.33. The maximum Gasteiger partial charge on any atom is 0.260 e. The Kier molecular flexibility index (Phi) is 5.95. The summed E-state index contributed by atoms with van der Waals surface area (Å²) >= 11 is 0. The van der Waals surface area contributed by atoms with Crippen molar-refractivity contribution in [3.8, 4) is 69.0 Å². The monoisotopic (exact) mass is 804 g/mol. The molecule has 0 saturated heterocycles. The van der Waals surface area contributed by atoms with Crippen molar-refractivity contribution >= 4 is 102 Å². The number of ether oxygens (including phenoxy) is 6. The van der Waals surface area contributed by atoms with Crippen LogP contribution < -0.4 is 77.6 Å². The number of para-hydroxylation sites is 3. The Bertz CT molecular complexity index is 3390. The fraction of sp³-hybridized carbons (Fsp3) is 0. The lowest BCUT2D eigenvalue weighted by Gasteiger charge is -2.35. The minimum atomic E-state index is -0.0945. The third kappa shape index (κ3) is 4.04. The first-order valence-electron chi connectivity index (χ1n) is 21.5. The second-order valence-electron chi connectivity index (χ2n) is 17.2. The van der Waals surface area contributed by atoms with Gasteiger partial charge in [-0.3, -0.25) is 0 Å². The standard InChI is InChI=1S/C54H27B3O6/c1-4-13-37-31(10-1)55-34-25-22-28-46(52(34)61-43-19-7-16-40(58-37)49(43)55)29-23-26-35-54(63-45-21-9-18-42-51(45)56(35)32-11-2-5-14-38(32)59-42)48(29)30-24-27-36-53(47(28)30)62-44-20-8-17-41-50(44)57(36)33-12-3-6-15-39(33)60-41/h1-27H. The van der Waals surface area contributed by atoms with E-state index >= 15 is 0 Å². The number of fused-ring (bicyclic) bond motifs is 21. The molecule has 0 aliphatic carbocycles. The van der Waals surface area contributed by atoms with Gasteiger partial charge in [-0.2, -0.15) is 0 Å². The van der Waals surface area contributed by atoms with Crippen LogP contribution in [-0.4, -0.2) is 20.1 Å². The third-order valence-corrected chi connectivity index (χ3v) is 14.2. The van der Waals surface area contributed by atoms with Crippen molar-refractivity contribution in [1.82, 2.24) is 0 Å². The van der Waals surface area contributed by atoms with Crippen molar-refractivity contribution < 1.29 is 28.4 Å². The molecule has 16 rings (SSSR count). The van der Waals surface area contributed by atoms with E-state index in [0.717, 1.165) is 150 Å². The van der Waals surface area contributed by atoms with Crippen LogP contribution in [-0.2, 0) is 0 Å². The molecular weight excluding hydrogens is 777 g/mol. The molecule has 9 heteroatoms. The number of hydrogen-bond donors (Lipinski definition) is 0. The first-order valence-corrected chi connectivity index (χ1v) is 21.5. The Morgan fingerprint density at radius 2 is 0.492 bits per heavy atom. The Morgan fingerprint density at radius 1 is 0.222 bits per heavy atom. The first-order chi connectivity index (χ1) is 31.2. The van der Waals surface area contributed by atoms with E-state index in [4.69, 9.17) is 28.4 Å². The molecular formula is C54H27B3O6. The topological polar surface area (TPSA) is 55.4 Å². The molecule has 0 aromatic heterocycles. The van der Waals surface area contributed by atoms with E-state index in [2.05, 4.69) is 109 Å². The van der Waals surface area contributed by atoms with Crippen molar-refractivity contribution in [2.45, 2.75) is 0 Å². The van der Waals surface area contributed by atoms with E-state index < -0.39 is 0 Å². The van der Waals surface area contributed by atoms with Crippen LogP contribution in [0.15, 0.2) is 164 Å². The molecule has 0 N–H and O–H groups in total. The minimum absolute atomic E-state index is 0.0945. The van der Waals surface area contributed by atoms with Crippen LogP contribution in [0.2, 0.25) is 0 Å². The highest BCUT2D eigenvalue weighted by Gasteiger charge is 2.45. The minimum Gasteiger partial charge on any atom is -0.458 e. The predicted molar refractivity (Wildman–Crippen MR) is 252 cm³/mol. The molecule has 0 radical (unpaired) electrons. The highest BCUT2D eigenvalue weighted by Crippen LogP contribution is 2.50. The fourth-order valence-corrected chi connectivity index (χ4v) is 11.8. The lowest BCUT2D eigenvalue weighted by Crippen LogP contribution is -2.57. The van der Waals surface area contributed by atoms with Crippen molar-refractivity contribution in [2.75, 3.05) is 0 Å². The van der Waals surface area contributed by atoms with Crippen LogP contribution in [0.4, 0.5) is 0 Å². The van der Waals surface area contributed by atoms with Crippen molar-refractivity contribution in [3.63, 3.8) is 0 Å². The van der Waals surface area contributed by atoms with Crippen LogP contribution >= 0.6 is 0 Å². The summed E-state index contributed by atoms with van der Waals surface area (Å²) in [5.41, 5.74) is 9.75. The molecule has 6 aliphatic rings. The lowest BCUT2D eigenvalue weighted by molar-refractivity contribution is 0.467. The number of rotatable bonds is 0. The molecule has 0 bridgehead atoms. The molecule has 6 aliphatic heterocycles. The Labute approximate surface area is 361 Å². The van der Waals surface area contributed by atoms with Crippen LogP contribution in [0.25, 0.3) is 32.3 Å². The Morgan fingerprint density at radius 3 is 0.810 bits per heavy atom. The smallest absolute Gasteiger partial charge is 0.260 e. The summed E-state index contributed by atoms with van der Waals surface area (Å²) in [5.74, 6) is 9.90. The molecule has 6 nitrogen and oxygen atoms in total. The van der Waals surface area contributed by atoms with Gasteiger partial charge in [0, 0.05) is 32.5 Å². The van der Waals surface area contributed by atoms with Gasteiger partial charge in [0.25, 0.3) is 20.1 Å². The van der Waals surface area contributed by atoms with Crippen molar-refractivity contribution in [2.24, 2.45) is 0 Å². The van der Waals surface area contributed by atoms with E-state index in [1.165, 1.54) is 0 Å². The summed E-state index contributed by atoms with van der Waals surface area (Å²) < 4.78 is 41.3. The Hall–Kier alpha value is -8.03. The average molecular weight is 804 g/mol. The molecule has 6 heterocycles. The molecule has 0 unspecified atom stereocenters. The highest BCUT2D eigenvalue weighted by molar-refractivity contribution is 7.00. The van der Waals surface area contributed by atoms with Crippen molar-refractivity contribution in [3.05, 3.63) is 164 Å². The van der Waals surface area contributed by atoms with Gasteiger partial charge >= 0.3 is 0 Å². The van der Waals surface area contributed by atoms with Crippen LogP contribution in [0.5, 0.6) is 69.0 Å². The largest absolute Gasteiger partial charge is 0.458 e. The third-order valence-electron chi connectivity index (χ3n) is 14.2. The van der Waals surface area contributed by atoms with E-state index in [1.54, 1.807) is 0 Å². The van der Waals surface area contributed by atoms with Gasteiger partial charge in [0.05, 0.1) is 0 Å². The van der Waals surface area contributed by atoms with E-state index in [1.807, 2.05) is 54.6 Å². The van der Waals surface area contributed by atoms with Gasteiger partial charge in [0.15, 0.2) is 0 Å². The zero-order valence-electron chi connectivity index (χ0n) is 33.3. The molecule has 288 valence electrons.